The van der Waals surface area contributed by atoms with Gasteiger partial charge in [0.05, 0.1) is 0 Å². The Morgan fingerprint density at radius 1 is 1.15 bits per heavy atom. The molecule has 0 aliphatic rings. The monoisotopic (exact) mass is 180 g/mol. The Labute approximate surface area is 79.3 Å². The minimum atomic E-state index is -0.907. The quantitative estimate of drug-likeness (QED) is 0.295. The number of hydrogen-bond donors (Lipinski definition) is 1. The lowest BCUT2D eigenvalue weighted by Gasteiger charge is -1.84. The molecule has 0 aromatic carbocycles. The third-order valence-electron chi connectivity index (χ3n) is 1.39. The van der Waals surface area contributed by atoms with Crippen LogP contribution in [0.25, 0.3) is 0 Å². The topological polar surface area (TPSA) is 37.3 Å². The summed E-state index contributed by atoms with van der Waals surface area (Å²) in [5.41, 5.74) is 0. The van der Waals surface area contributed by atoms with Gasteiger partial charge in [-0.2, -0.15) is 0 Å². The summed E-state index contributed by atoms with van der Waals surface area (Å²) >= 11 is 0. The van der Waals surface area contributed by atoms with Crippen LogP contribution in [0, 0.1) is 0 Å². The van der Waals surface area contributed by atoms with Gasteiger partial charge in [-0.3, -0.25) is 0 Å². The summed E-state index contributed by atoms with van der Waals surface area (Å²) in [6.45, 7) is 2.10. The average Bonchev–Trinajstić information content (AvgIpc) is 2.09. The minimum Gasteiger partial charge on any atom is -0.478 e. The Balaban J connectivity index is 3.42. The molecular weight excluding hydrogens is 164 g/mol. The molecular formula is C11H16O2. The predicted octanol–water partition coefficient (Wildman–Crippen LogP) is 2.93. The Morgan fingerprint density at radius 2 is 1.85 bits per heavy atom. The number of hydrogen-bond acceptors (Lipinski definition) is 1. The van der Waals surface area contributed by atoms with Crippen LogP contribution in [0.15, 0.2) is 36.5 Å². The zero-order chi connectivity index (χ0) is 9.94. The van der Waals surface area contributed by atoms with Gasteiger partial charge in [-0.25, -0.2) is 4.79 Å². The van der Waals surface area contributed by atoms with Gasteiger partial charge in [0.15, 0.2) is 0 Å². The summed E-state index contributed by atoms with van der Waals surface area (Å²) in [5, 5.41) is 8.25. The van der Waals surface area contributed by atoms with E-state index in [9.17, 15) is 4.79 Å². The highest BCUT2D eigenvalue weighted by Gasteiger charge is 1.80. The van der Waals surface area contributed by atoms with Crippen molar-refractivity contribution >= 4 is 5.97 Å². The molecule has 0 bridgehead atoms. The fraction of sp³-hybridized carbons (Fsp3) is 0.364. The first-order valence-electron chi connectivity index (χ1n) is 4.48. The molecule has 0 aromatic rings. The Bertz CT molecular complexity index is 212. The fourth-order valence-electron chi connectivity index (χ4n) is 0.790. The molecule has 13 heavy (non-hydrogen) atoms. The van der Waals surface area contributed by atoms with E-state index in [-0.39, 0.29) is 0 Å². The van der Waals surface area contributed by atoms with Crippen LogP contribution in [0.3, 0.4) is 0 Å². The highest BCUT2D eigenvalue weighted by Crippen LogP contribution is 1.94. The second-order valence-corrected chi connectivity index (χ2v) is 2.58. The summed E-state index contributed by atoms with van der Waals surface area (Å²) in [4.78, 5) is 10.0. The van der Waals surface area contributed by atoms with Crippen LogP contribution in [0.1, 0.15) is 26.2 Å². The fourth-order valence-corrected chi connectivity index (χ4v) is 0.790. The molecule has 0 atom stereocenters. The largest absolute Gasteiger partial charge is 0.478 e. The third-order valence-corrected chi connectivity index (χ3v) is 1.39. The molecule has 2 nitrogen and oxygen atoms in total. The molecule has 0 aromatic heterocycles. The van der Waals surface area contributed by atoms with Crippen molar-refractivity contribution in [2.75, 3.05) is 0 Å². The highest BCUT2D eigenvalue weighted by atomic mass is 16.4. The second kappa shape index (κ2) is 8.78. The van der Waals surface area contributed by atoms with E-state index in [4.69, 9.17) is 5.11 Å². The molecule has 1 N–H and O–H groups in total. The molecule has 0 fully saturated rings. The van der Waals surface area contributed by atoms with Gasteiger partial charge >= 0.3 is 5.97 Å². The summed E-state index contributed by atoms with van der Waals surface area (Å²) in [6.07, 6.45) is 13.7. The molecule has 0 radical (unpaired) electrons. The van der Waals surface area contributed by atoms with E-state index >= 15 is 0 Å². The van der Waals surface area contributed by atoms with Crippen molar-refractivity contribution in [3.05, 3.63) is 36.5 Å². The number of unbranched alkanes of at least 4 members (excludes halogenated alkanes) is 1. The van der Waals surface area contributed by atoms with Crippen LogP contribution in [-0.4, -0.2) is 11.1 Å². The summed E-state index contributed by atoms with van der Waals surface area (Å²) in [7, 11) is 0. The Kier molecular flexibility index (Phi) is 7.90. The molecule has 0 aliphatic carbocycles. The van der Waals surface area contributed by atoms with Gasteiger partial charge in [0, 0.05) is 6.08 Å². The van der Waals surface area contributed by atoms with Crippen LogP contribution in [0.2, 0.25) is 0 Å². The minimum absolute atomic E-state index is 0.907. The van der Waals surface area contributed by atoms with Gasteiger partial charge in [-0.15, -0.1) is 0 Å². The van der Waals surface area contributed by atoms with Crippen LogP contribution in [0.5, 0.6) is 0 Å². The normalized spacial score (nSPS) is 12.1. The maximum absolute atomic E-state index is 10.0. The number of carboxylic acid groups (broad SMARTS) is 1. The molecule has 0 saturated carbocycles. The van der Waals surface area contributed by atoms with E-state index in [0.717, 1.165) is 25.3 Å². The first-order valence-corrected chi connectivity index (χ1v) is 4.48. The van der Waals surface area contributed by atoms with Crippen molar-refractivity contribution < 1.29 is 9.90 Å². The third kappa shape index (κ3) is 10.7. The number of carboxylic acids is 1. The van der Waals surface area contributed by atoms with E-state index in [2.05, 4.69) is 19.1 Å². The molecule has 2 heteroatoms. The van der Waals surface area contributed by atoms with Gasteiger partial charge in [0.2, 0.25) is 0 Å². The lowest BCUT2D eigenvalue weighted by atomic mass is 10.2. The molecule has 0 rings (SSSR count). The smallest absolute Gasteiger partial charge is 0.328 e. The van der Waals surface area contributed by atoms with Crippen molar-refractivity contribution in [3.63, 3.8) is 0 Å². The molecule has 0 amide bonds. The zero-order valence-electron chi connectivity index (χ0n) is 7.94. The molecule has 0 heterocycles. The van der Waals surface area contributed by atoms with Gasteiger partial charge in [-0.1, -0.05) is 37.3 Å². The summed E-state index contributed by atoms with van der Waals surface area (Å²) in [6, 6.07) is 0. The Hall–Kier alpha value is -1.31. The maximum atomic E-state index is 10.0. The van der Waals surface area contributed by atoms with Crippen molar-refractivity contribution in [1.82, 2.24) is 0 Å². The van der Waals surface area contributed by atoms with Crippen LogP contribution < -0.4 is 0 Å². The van der Waals surface area contributed by atoms with Crippen molar-refractivity contribution in [1.29, 1.82) is 0 Å². The number of aliphatic carboxylic acids is 1. The molecule has 72 valence electrons. The Morgan fingerprint density at radius 3 is 2.46 bits per heavy atom. The highest BCUT2D eigenvalue weighted by molar-refractivity contribution is 5.80. The van der Waals surface area contributed by atoms with Gasteiger partial charge < -0.3 is 5.11 Å². The maximum Gasteiger partial charge on any atom is 0.328 e. The van der Waals surface area contributed by atoms with E-state index in [0.29, 0.717) is 0 Å². The molecule has 0 saturated heterocycles. The van der Waals surface area contributed by atoms with Gasteiger partial charge in [0.1, 0.15) is 0 Å². The molecule has 0 spiro atoms. The van der Waals surface area contributed by atoms with Crippen molar-refractivity contribution in [2.45, 2.75) is 26.2 Å². The van der Waals surface area contributed by atoms with Crippen LogP contribution in [0.4, 0.5) is 0 Å². The van der Waals surface area contributed by atoms with E-state index in [1.54, 1.807) is 6.08 Å². The van der Waals surface area contributed by atoms with E-state index in [1.807, 2.05) is 6.08 Å². The lowest BCUT2D eigenvalue weighted by molar-refractivity contribution is -0.131. The lowest BCUT2D eigenvalue weighted by Crippen LogP contribution is -1.84. The number of allylic oxidation sites excluding steroid dienone is 5. The van der Waals surface area contributed by atoms with Crippen molar-refractivity contribution in [3.8, 4) is 0 Å². The van der Waals surface area contributed by atoms with Crippen LogP contribution >= 0.6 is 0 Å². The summed E-state index contributed by atoms with van der Waals surface area (Å²) in [5.74, 6) is -0.907. The zero-order valence-corrected chi connectivity index (χ0v) is 7.94. The van der Waals surface area contributed by atoms with Gasteiger partial charge in [0.25, 0.3) is 0 Å². The summed E-state index contributed by atoms with van der Waals surface area (Å²) < 4.78 is 0. The number of rotatable bonds is 6. The van der Waals surface area contributed by atoms with Crippen molar-refractivity contribution in [2.24, 2.45) is 0 Å². The average molecular weight is 180 g/mol. The van der Waals surface area contributed by atoms with Gasteiger partial charge in [-0.05, 0) is 19.3 Å². The van der Waals surface area contributed by atoms with E-state index in [1.165, 1.54) is 6.08 Å². The first-order chi connectivity index (χ1) is 6.27. The first kappa shape index (κ1) is 11.7. The predicted molar refractivity (Wildman–Crippen MR) is 54.6 cm³/mol. The standard InChI is InChI=1S/C11H16O2/c1-2-3-4-5-6-7-8-9-10-11(12)13/h3-4,7-10H,2,5-6H2,1H3,(H,12,13)/b4-3-,8-7+,10-9+. The molecule has 0 unspecified atom stereocenters. The SMILES string of the molecule is CC/C=C\CC/C=C/C=C/C(=O)O. The number of carbonyl (C=O) groups is 1. The molecule has 0 aliphatic heterocycles. The second-order valence-electron chi connectivity index (χ2n) is 2.58. The van der Waals surface area contributed by atoms with E-state index < -0.39 is 5.97 Å². The van der Waals surface area contributed by atoms with Crippen LogP contribution in [-0.2, 0) is 4.79 Å².